The van der Waals surface area contributed by atoms with E-state index in [2.05, 4.69) is 0 Å². The van der Waals surface area contributed by atoms with Crippen LogP contribution < -0.4 is 5.73 Å². The largest absolute Gasteiger partial charge is 0.328 e. The summed E-state index contributed by atoms with van der Waals surface area (Å²) in [5.74, 6) is -0.322. The van der Waals surface area contributed by atoms with Crippen molar-refractivity contribution in [3.8, 4) is 11.1 Å². The van der Waals surface area contributed by atoms with Crippen LogP contribution in [-0.2, 0) is 6.42 Å². The van der Waals surface area contributed by atoms with Crippen molar-refractivity contribution in [3.05, 3.63) is 58.9 Å². The topological polar surface area (TPSA) is 26.0 Å². The van der Waals surface area contributed by atoms with E-state index in [1.54, 1.807) is 6.07 Å². The Hall–Kier alpha value is -1.38. The Kier molecular flexibility index (Phi) is 4.00. The summed E-state index contributed by atoms with van der Waals surface area (Å²) in [7, 11) is 0. The van der Waals surface area contributed by atoms with Gasteiger partial charge in [0.05, 0.1) is 5.02 Å². The Morgan fingerprint density at radius 1 is 1.17 bits per heavy atom. The average Bonchev–Trinajstić information content (AvgIpc) is 2.30. The molecule has 0 bridgehead atoms. The highest BCUT2D eigenvalue weighted by Crippen LogP contribution is 2.28. The van der Waals surface area contributed by atoms with Crippen LogP contribution in [0.2, 0.25) is 5.02 Å². The first kappa shape index (κ1) is 13.1. The molecule has 2 aromatic rings. The van der Waals surface area contributed by atoms with E-state index in [1.807, 2.05) is 31.2 Å². The van der Waals surface area contributed by atoms with Gasteiger partial charge in [-0.15, -0.1) is 0 Å². The van der Waals surface area contributed by atoms with E-state index in [0.717, 1.165) is 17.5 Å². The van der Waals surface area contributed by atoms with Crippen molar-refractivity contribution in [1.29, 1.82) is 0 Å². The molecule has 0 spiro atoms. The van der Waals surface area contributed by atoms with Crippen molar-refractivity contribution >= 4 is 11.6 Å². The second-order valence-electron chi connectivity index (χ2n) is 4.50. The molecule has 2 rings (SSSR count). The molecule has 1 atom stereocenters. The quantitative estimate of drug-likeness (QED) is 0.889. The van der Waals surface area contributed by atoms with Crippen LogP contribution in [-0.4, -0.2) is 6.04 Å². The van der Waals surface area contributed by atoms with Crippen molar-refractivity contribution in [2.24, 2.45) is 5.73 Å². The summed E-state index contributed by atoms with van der Waals surface area (Å²) in [6.07, 6.45) is 0.845. The fourth-order valence-electron chi connectivity index (χ4n) is 1.92. The van der Waals surface area contributed by atoms with E-state index in [4.69, 9.17) is 17.3 Å². The van der Waals surface area contributed by atoms with Crippen LogP contribution in [0.4, 0.5) is 4.39 Å². The Morgan fingerprint density at radius 3 is 2.39 bits per heavy atom. The molecular formula is C15H15ClFN. The SMILES string of the molecule is CC(N)Cc1ccc(-c2ccc(F)cc2Cl)cc1. The van der Waals surface area contributed by atoms with E-state index in [1.165, 1.54) is 17.7 Å². The van der Waals surface area contributed by atoms with Crippen molar-refractivity contribution in [3.63, 3.8) is 0 Å². The second-order valence-corrected chi connectivity index (χ2v) is 4.91. The van der Waals surface area contributed by atoms with Crippen LogP contribution in [0.25, 0.3) is 11.1 Å². The lowest BCUT2D eigenvalue weighted by atomic mass is 10.0. The van der Waals surface area contributed by atoms with E-state index in [0.29, 0.717) is 5.02 Å². The second kappa shape index (κ2) is 5.51. The summed E-state index contributed by atoms with van der Waals surface area (Å²) < 4.78 is 13.0. The molecule has 0 radical (unpaired) electrons. The van der Waals surface area contributed by atoms with Crippen molar-refractivity contribution < 1.29 is 4.39 Å². The molecule has 94 valence electrons. The Balaban J connectivity index is 2.28. The zero-order valence-corrected chi connectivity index (χ0v) is 10.9. The minimum absolute atomic E-state index is 0.144. The Bertz CT molecular complexity index is 535. The van der Waals surface area contributed by atoms with Crippen LogP contribution in [0.1, 0.15) is 12.5 Å². The van der Waals surface area contributed by atoms with Crippen LogP contribution >= 0.6 is 11.6 Å². The molecule has 1 nitrogen and oxygen atoms in total. The van der Waals surface area contributed by atoms with Gasteiger partial charge in [-0.05, 0) is 42.7 Å². The predicted octanol–water partition coefficient (Wildman–Crippen LogP) is 4.04. The molecule has 18 heavy (non-hydrogen) atoms. The molecule has 0 heterocycles. The Labute approximate surface area is 111 Å². The van der Waals surface area contributed by atoms with Crippen molar-refractivity contribution in [2.75, 3.05) is 0 Å². The lowest BCUT2D eigenvalue weighted by Gasteiger charge is -2.08. The number of rotatable bonds is 3. The zero-order chi connectivity index (χ0) is 13.1. The van der Waals surface area contributed by atoms with Gasteiger partial charge in [0.1, 0.15) is 5.82 Å². The lowest BCUT2D eigenvalue weighted by molar-refractivity contribution is 0.628. The van der Waals surface area contributed by atoms with E-state index in [-0.39, 0.29) is 11.9 Å². The monoisotopic (exact) mass is 263 g/mol. The molecule has 0 saturated carbocycles. The summed E-state index contributed by atoms with van der Waals surface area (Å²) in [5, 5.41) is 0.426. The lowest BCUT2D eigenvalue weighted by Crippen LogP contribution is -2.17. The van der Waals surface area contributed by atoms with Gasteiger partial charge in [-0.2, -0.15) is 0 Å². The van der Waals surface area contributed by atoms with Crippen LogP contribution in [0.3, 0.4) is 0 Å². The van der Waals surface area contributed by atoms with Gasteiger partial charge in [0.2, 0.25) is 0 Å². The highest BCUT2D eigenvalue weighted by Gasteiger charge is 2.05. The molecule has 0 aliphatic carbocycles. The first-order valence-corrected chi connectivity index (χ1v) is 6.24. The maximum Gasteiger partial charge on any atom is 0.124 e. The van der Waals surface area contributed by atoms with Crippen LogP contribution in [0, 0.1) is 5.82 Å². The molecule has 0 saturated heterocycles. The number of hydrogen-bond donors (Lipinski definition) is 1. The summed E-state index contributed by atoms with van der Waals surface area (Å²) in [6.45, 7) is 1.98. The molecule has 3 heteroatoms. The highest BCUT2D eigenvalue weighted by molar-refractivity contribution is 6.33. The molecule has 0 aliphatic heterocycles. The van der Waals surface area contributed by atoms with E-state index in [9.17, 15) is 4.39 Å². The van der Waals surface area contributed by atoms with Gasteiger partial charge in [-0.25, -0.2) is 4.39 Å². The smallest absolute Gasteiger partial charge is 0.124 e. The number of halogens is 2. The molecule has 2 N–H and O–H groups in total. The van der Waals surface area contributed by atoms with E-state index < -0.39 is 0 Å². The third-order valence-corrected chi connectivity index (χ3v) is 3.07. The van der Waals surface area contributed by atoms with Crippen molar-refractivity contribution in [2.45, 2.75) is 19.4 Å². The van der Waals surface area contributed by atoms with Gasteiger partial charge in [0.25, 0.3) is 0 Å². The molecule has 0 aliphatic rings. The minimum Gasteiger partial charge on any atom is -0.328 e. The predicted molar refractivity (Wildman–Crippen MR) is 74.2 cm³/mol. The normalized spacial score (nSPS) is 12.4. The zero-order valence-electron chi connectivity index (χ0n) is 10.2. The van der Waals surface area contributed by atoms with Crippen LogP contribution in [0.5, 0.6) is 0 Å². The van der Waals surface area contributed by atoms with E-state index >= 15 is 0 Å². The maximum absolute atomic E-state index is 13.0. The third-order valence-electron chi connectivity index (χ3n) is 2.75. The van der Waals surface area contributed by atoms with Gasteiger partial charge in [-0.1, -0.05) is 35.9 Å². The number of nitrogens with two attached hydrogens (primary N) is 1. The molecule has 1 unspecified atom stereocenters. The fraction of sp³-hybridized carbons (Fsp3) is 0.200. The maximum atomic E-state index is 13.0. The van der Waals surface area contributed by atoms with Crippen LogP contribution in [0.15, 0.2) is 42.5 Å². The van der Waals surface area contributed by atoms with Crippen molar-refractivity contribution in [1.82, 2.24) is 0 Å². The van der Waals surface area contributed by atoms with Gasteiger partial charge in [0.15, 0.2) is 0 Å². The molecule has 0 aromatic heterocycles. The molecule has 0 fully saturated rings. The van der Waals surface area contributed by atoms with Gasteiger partial charge in [0, 0.05) is 11.6 Å². The summed E-state index contributed by atoms with van der Waals surface area (Å²) in [6, 6.07) is 12.6. The standard InChI is InChI=1S/C15H15ClFN/c1-10(18)8-11-2-4-12(5-3-11)14-7-6-13(17)9-15(14)16/h2-7,9-10H,8,18H2,1H3. The molecule has 0 amide bonds. The average molecular weight is 264 g/mol. The molecule has 2 aromatic carbocycles. The Morgan fingerprint density at radius 2 is 1.83 bits per heavy atom. The summed E-state index contributed by atoms with van der Waals surface area (Å²) >= 11 is 6.03. The summed E-state index contributed by atoms with van der Waals surface area (Å²) in [4.78, 5) is 0. The summed E-state index contributed by atoms with van der Waals surface area (Å²) in [5.41, 5.74) is 8.76. The van der Waals surface area contributed by atoms with Gasteiger partial charge in [-0.3, -0.25) is 0 Å². The molecular weight excluding hydrogens is 249 g/mol. The first-order valence-electron chi connectivity index (χ1n) is 5.86. The van der Waals surface area contributed by atoms with Gasteiger partial charge < -0.3 is 5.73 Å². The first-order chi connectivity index (χ1) is 8.56. The number of hydrogen-bond acceptors (Lipinski definition) is 1. The third kappa shape index (κ3) is 3.09. The fourth-order valence-corrected chi connectivity index (χ4v) is 2.19. The van der Waals surface area contributed by atoms with Gasteiger partial charge >= 0.3 is 0 Å². The highest BCUT2D eigenvalue weighted by atomic mass is 35.5. The number of benzene rings is 2. The minimum atomic E-state index is -0.322.